The molecule has 3 rings (SSSR count). The molecule has 0 aliphatic heterocycles. The Labute approximate surface area is 177 Å². The van der Waals surface area contributed by atoms with Crippen molar-refractivity contribution in [2.24, 2.45) is 13.0 Å². The van der Waals surface area contributed by atoms with Gasteiger partial charge in [0, 0.05) is 36.7 Å². The smallest absolute Gasteiger partial charge is 0.195 e. The van der Waals surface area contributed by atoms with Gasteiger partial charge in [0.2, 0.25) is 0 Å². The van der Waals surface area contributed by atoms with Gasteiger partial charge < -0.3 is 4.74 Å². The number of ether oxygens (including phenoxy) is 1. The van der Waals surface area contributed by atoms with Crippen LogP contribution in [0, 0.1) is 12.8 Å². The SMILES string of the molecule is COc1cccc(-n2c(CN(C)Cc3cnn(C)c3C)nnc2SCC(C)C)c1. The quantitative estimate of drug-likeness (QED) is 0.498. The van der Waals surface area contributed by atoms with Crippen molar-refractivity contribution in [1.82, 2.24) is 29.4 Å². The van der Waals surface area contributed by atoms with E-state index in [1.165, 1.54) is 11.3 Å². The molecule has 2 heterocycles. The fraction of sp³-hybridized carbons (Fsp3) is 0.476. The van der Waals surface area contributed by atoms with E-state index in [1.807, 2.05) is 36.1 Å². The summed E-state index contributed by atoms with van der Waals surface area (Å²) in [6.07, 6.45) is 1.93. The normalized spacial score (nSPS) is 11.6. The highest BCUT2D eigenvalue weighted by Crippen LogP contribution is 2.26. The molecule has 0 bridgehead atoms. The lowest BCUT2D eigenvalue weighted by atomic mass is 10.2. The van der Waals surface area contributed by atoms with Gasteiger partial charge in [-0.05, 0) is 32.0 Å². The van der Waals surface area contributed by atoms with E-state index in [1.54, 1.807) is 18.9 Å². The van der Waals surface area contributed by atoms with Crippen LogP contribution in [0.3, 0.4) is 0 Å². The van der Waals surface area contributed by atoms with Crippen molar-refractivity contribution in [2.45, 2.75) is 39.0 Å². The van der Waals surface area contributed by atoms with Gasteiger partial charge in [-0.2, -0.15) is 5.10 Å². The Hall–Kier alpha value is -2.32. The lowest BCUT2D eigenvalue weighted by Gasteiger charge is -2.18. The zero-order valence-corrected chi connectivity index (χ0v) is 18.9. The number of methoxy groups -OCH3 is 1. The Morgan fingerprint density at radius 1 is 1.21 bits per heavy atom. The molecule has 3 aromatic rings. The van der Waals surface area contributed by atoms with E-state index >= 15 is 0 Å². The average molecular weight is 415 g/mol. The maximum Gasteiger partial charge on any atom is 0.195 e. The topological polar surface area (TPSA) is 61.0 Å². The highest BCUT2D eigenvalue weighted by molar-refractivity contribution is 7.99. The van der Waals surface area contributed by atoms with Crippen LogP contribution in [0.4, 0.5) is 0 Å². The van der Waals surface area contributed by atoms with E-state index in [2.05, 4.69) is 58.6 Å². The Balaban J connectivity index is 1.88. The molecule has 0 N–H and O–H groups in total. The van der Waals surface area contributed by atoms with Gasteiger partial charge >= 0.3 is 0 Å². The fourth-order valence-corrected chi connectivity index (χ4v) is 3.95. The Morgan fingerprint density at radius 3 is 2.66 bits per heavy atom. The van der Waals surface area contributed by atoms with Crippen LogP contribution in [0.25, 0.3) is 5.69 Å². The first-order valence-electron chi connectivity index (χ1n) is 9.76. The average Bonchev–Trinajstić information content (AvgIpc) is 3.24. The molecule has 0 fully saturated rings. The van der Waals surface area contributed by atoms with Gasteiger partial charge in [-0.25, -0.2) is 0 Å². The monoisotopic (exact) mass is 414 g/mol. The zero-order valence-electron chi connectivity index (χ0n) is 18.1. The maximum absolute atomic E-state index is 5.43. The third kappa shape index (κ3) is 5.19. The van der Waals surface area contributed by atoms with Gasteiger partial charge in [0.1, 0.15) is 5.75 Å². The number of nitrogens with zero attached hydrogens (tertiary/aromatic N) is 6. The third-order valence-electron chi connectivity index (χ3n) is 4.75. The standard InChI is InChI=1S/C21H30N6OS/c1-15(2)14-29-21-24-23-20(27(21)18-8-7-9-19(10-18)28-6)13-25(4)12-17-11-22-26(5)16(17)3/h7-11,15H,12-14H2,1-6H3. The number of hydrogen-bond acceptors (Lipinski definition) is 6. The van der Waals surface area contributed by atoms with E-state index in [-0.39, 0.29) is 0 Å². The molecular formula is C21H30N6OS. The van der Waals surface area contributed by atoms with Gasteiger partial charge in [-0.1, -0.05) is 31.7 Å². The number of hydrogen-bond donors (Lipinski definition) is 0. The van der Waals surface area contributed by atoms with E-state index in [0.717, 1.165) is 34.7 Å². The molecule has 0 unspecified atom stereocenters. The molecule has 0 aliphatic carbocycles. The number of benzene rings is 1. The molecule has 2 aromatic heterocycles. The predicted octanol–water partition coefficient (Wildman–Crippen LogP) is 3.70. The molecule has 156 valence electrons. The molecule has 0 spiro atoms. The molecule has 1 aromatic carbocycles. The van der Waals surface area contributed by atoms with E-state index in [4.69, 9.17) is 4.74 Å². The summed E-state index contributed by atoms with van der Waals surface area (Å²) in [5, 5.41) is 14.3. The molecular weight excluding hydrogens is 384 g/mol. The van der Waals surface area contributed by atoms with Crippen LogP contribution in [-0.2, 0) is 20.1 Å². The maximum atomic E-state index is 5.43. The summed E-state index contributed by atoms with van der Waals surface area (Å²) in [6, 6.07) is 8.04. The van der Waals surface area contributed by atoms with Crippen molar-refractivity contribution >= 4 is 11.8 Å². The summed E-state index contributed by atoms with van der Waals surface area (Å²) in [6.45, 7) is 8.00. The van der Waals surface area contributed by atoms with Crippen LogP contribution >= 0.6 is 11.8 Å². The predicted molar refractivity (Wildman–Crippen MR) is 117 cm³/mol. The van der Waals surface area contributed by atoms with E-state index in [9.17, 15) is 0 Å². The summed E-state index contributed by atoms with van der Waals surface area (Å²) >= 11 is 1.74. The highest BCUT2D eigenvalue weighted by Gasteiger charge is 2.18. The lowest BCUT2D eigenvalue weighted by molar-refractivity contribution is 0.307. The second kappa shape index (κ2) is 9.45. The highest BCUT2D eigenvalue weighted by atomic mass is 32.2. The minimum atomic E-state index is 0.579. The second-order valence-corrected chi connectivity index (χ2v) is 8.68. The summed E-state index contributed by atoms with van der Waals surface area (Å²) < 4.78 is 9.47. The van der Waals surface area contributed by atoms with Crippen molar-refractivity contribution in [3.8, 4) is 11.4 Å². The lowest BCUT2D eigenvalue weighted by Crippen LogP contribution is -2.20. The Bertz CT molecular complexity index is 949. The fourth-order valence-electron chi connectivity index (χ4n) is 3.03. The van der Waals surface area contributed by atoms with Gasteiger partial charge in [-0.3, -0.25) is 14.1 Å². The third-order valence-corrected chi connectivity index (χ3v) is 6.10. The largest absolute Gasteiger partial charge is 0.497 e. The Morgan fingerprint density at radius 2 is 2.00 bits per heavy atom. The van der Waals surface area contributed by atoms with Crippen LogP contribution < -0.4 is 4.74 Å². The molecule has 0 saturated heterocycles. The summed E-state index contributed by atoms with van der Waals surface area (Å²) in [5.74, 6) is 3.30. The first kappa shape index (κ1) is 21.4. The first-order chi connectivity index (χ1) is 13.9. The molecule has 0 amide bonds. The van der Waals surface area contributed by atoms with E-state index < -0.39 is 0 Å². The van der Waals surface area contributed by atoms with Crippen LogP contribution in [0.1, 0.15) is 30.9 Å². The molecule has 29 heavy (non-hydrogen) atoms. The number of aryl methyl sites for hydroxylation is 1. The van der Waals surface area contributed by atoms with Gasteiger partial charge in [0.15, 0.2) is 11.0 Å². The van der Waals surface area contributed by atoms with Crippen LogP contribution in [0.2, 0.25) is 0 Å². The van der Waals surface area contributed by atoms with Gasteiger partial charge in [0.25, 0.3) is 0 Å². The zero-order chi connectivity index (χ0) is 21.0. The molecule has 0 saturated carbocycles. The molecule has 0 radical (unpaired) electrons. The van der Waals surface area contributed by atoms with Crippen LogP contribution in [-0.4, -0.2) is 49.4 Å². The minimum absolute atomic E-state index is 0.579. The summed E-state index contributed by atoms with van der Waals surface area (Å²) in [5.41, 5.74) is 3.41. The van der Waals surface area contributed by atoms with Gasteiger partial charge in [-0.15, -0.1) is 10.2 Å². The second-order valence-electron chi connectivity index (χ2n) is 7.69. The number of thioether (sulfide) groups is 1. The van der Waals surface area contributed by atoms with Crippen LogP contribution in [0.5, 0.6) is 5.75 Å². The minimum Gasteiger partial charge on any atom is -0.497 e. The first-order valence-corrected chi connectivity index (χ1v) is 10.7. The summed E-state index contributed by atoms with van der Waals surface area (Å²) in [4.78, 5) is 2.24. The Kier molecular flexibility index (Phi) is 6.97. The van der Waals surface area contributed by atoms with Crippen molar-refractivity contribution in [3.05, 3.63) is 47.5 Å². The number of rotatable bonds is 9. The molecule has 0 atom stereocenters. The van der Waals surface area contributed by atoms with Gasteiger partial charge in [0.05, 0.1) is 25.5 Å². The van der Waals surface area contributed by atoms with Crippen molar-refractivity contribution in [3.63, 3.8) is 0 Å². The van der Waals surface area contributed by atoms with Crippen molar-refractivity contribution in [1.29, 1.82) is 0 Å². The molecule has 7 nitrogen and oxygen atoms in total. The number of aromatic nitrogens is 5. The molecule has 8 heteroatoms. The van der Waals surface area contributed by atoms with E-state index in [0.29, 0.717) is 12.5 Å². The van der Waals surface area contributed by atoms with Crippen molar-refractivity contribution < 1.29 is 4.74 Å². The van der Waals surface area contributed by atoms with Crippen LogP contribution in [0.15, 0.2) is 35.6 Å². The molecule has 0 aliphatic rings. The van der Waals surface area contributed by atoms with Crippen molar-refractivity contribution in [2.75, 3.05) is 19.9 Å². The summed E-state index contributed by atoms with van der Waals surface area (Å²) in [7, 11) is 5.75.